The van der Waals surface area contributed by atoms with Gasteiger partial charge in [-0.1, -0.05) is 13.0 Å². The van der Waals surface area contributed by atoms with E-state index in [1.807, 2.05) is 0 Å². The molecule has 8 nitrogen and oxygen atoms in total. The van der Waals surface area contributed by atoms with Gasteiger partial charge in [-0.15, -0.1) is 0 Å². The molecule has 0 radical (unpaired) electrons. The number of carbonyl (C=O) groups is 2. The van der Waals surface area contributed by atoms with Crippen LogP contribution in [0.3, 0.4) is 0 Å². The summed E-state index contributed by atoms with van der Waals surface area (Å²) in [4.78, 5) is 23.8. The summed E-state index contributed by atoms with van der Waals surface area (Å²) < 4.78 is 25.0. The van der Waals surface area contributed by atoms with Gasteiger partial charge in [0.15, 0.2) is 11.6 Å². The average molecular weight is 408 g/mol. The van der Waals surface area contributed by atoms with E-state index in [-0.39, 0.29) is 31.0 Å². The summed E-state index contributed by atoms with van der Waals surface area (Å²) in [6, 6.07) is 4.61. The molecule has 3 rings (SSSR count). The lowest BCUT2D eigenvalue weighted by molar-refractivity contribution is -0.118. The molecule has 0 aromatic heterocycles. The van der Waals surface area contributed by atoms with Crippen molar-refractivity contribution in [2.45, 2.75) is 38.6 Å². The molecule has 1 aromatic rings. The molecule has 2 aliphatic rings. The van der Waals surface area contributed by atoms with E-state index < -0.39 is 6.03 Å². The molecule has 1 unspecified atom stereocenters. The highest BCUT2D eigenvalue weighted by molar-refractivity contribution is 6.01. The molecular formula is C20H29FN4O4. The highest BCUT2D eigenvalue weighted by Gasteiger charge is 2.26. The maximum Gasteiger partial charge on any atom is 0.326 e. The molecule has 0 bridgehead atoms. The first-order valence-corrected chi connectivity index (χ1v) is 10.1. The second kappa shape index (κ2) is 10.5. The number of nitrogens with zero attached hydrogens (tertiary/aromatic N) is 1. The molecule has 1 saturated carbocycles. The van der Waals surface area contributed by atoms with Crippen molar-refractivity contribution in [2.75, 3.05) is 33.0 Å². The number of amides is 3. The predicted octanol–water partition coefficient (Wildman–Crippen LogP) is 2.08. The van der Waals surface area contributed by atoms with Crippen LogP contribution in [0.25, 0.3) is 0 Å². The molecule has 2 fully saturated rings. The number of imide groups is 1. The van der Waals surface area contributed by atoms with Gasteiger partial charge in [-0.05, 0) is 49.3 Å². The van der Waals surface area contributed by atoms with Crippen LogP contribution in [0.2, 0.25) is 0 Å². The van der Waals surface area contributed by atoms with Crippen molar-refractivity contribution in [3.8, 4) is 5.75 Å². The van der Waals surface area contributed by atoms with Gasteiger partial charge >= 0.3 is 6.03 Å². The highest BCUT2D eigenvalue weighted by atomic mass is 19.1. The van der Waals surface area contributed by atoms with Crippen molar-refractivity contribution in [2.24, 2.45) is 5.92 Å². The lowest BCUT2D eigenvalue weighted by Crippen LogP contribution is -2.36. The Balaban J connectivity index is 1.34. The number of benzene rings is 1. The number of ether oxygens (including phenoxy) is 2. The number of hydrogen-bond acceptors (Lipinski definition) is 6. The van der Waals surface area contributed by atoms with E-state index in [1.165, 1.54) is 11.0 Å². The number of halogens is 1. The maximum absolute atomic E-state index is 14.0. The zero-order chi connectivity index (χ0) is 20.6. The highest BCUT2D eigenvalue weighted by Crippen LogP contribution is 2.31. The quantitative estimate of drug-likeness (QED) is 0.263. The molecule has 3 amide bonds. The van der Waals surface area contributed by atoms with Crippen LogP contribution >= 0.6 is 0 Å². The normalized spacial score (nSPS) is 17.5. The number of urea groups is 1. The monoisotopic (exact) mass is 408 g/mol. The van der Waals surface area contributed by atoms with Crippen molar-refractivity contribution in [3.05, 3.63) is 29.6 Å². The number of rotatable bonds is 13. The van der Waals surface area contributed by atoms with Crippen LogP contribution in [0.15, 0.2) is 18.2 Å². The molecule has 29 heavy (non-hydrogen) atoms. The van der Waals surface area contributed by atoms with Crippen molar-refractivity contribution in [3.63, 3.8) is 0 Å². The fourth-order valence-corrected chi connectivity index (χ4v) is 2.98. The summed E-state index contributed by atoms with van der Waals surface area (Å²) in [5.74, 6) is 0.245. The van der Waals surface area contributed by atoms with Gasteiger partial charge in [0.2, 0.25) is 5.91 Å². The topological polar surface area (TPSA) is 91.9 Å². The van der Waals surface area contributed by atoms with Crippen LogP contribution in [0, 0.1) is 11.7 Å². The summed E-state index contributed by atoms with van der Waals surface area (Å²) in [5, 5.41) is 2.20. The Morgan fingerprint density at radius 3 is 2.86 bits per heavy atom. The zero-order valence-corrected chi connectivity index (χ0v) is 16.7. The van der Waals surface area contributed by atoms with Crippen molar-refractivity contribution in [1.82, 2.24) is 21.1 Å². The van der Waals surface area contributed by atoms with Gasteiger partial charge < -0.3 is 9.47 Å². The van der Waals surface area contributed by atoms with Gasteiger partial charge in [-0.25, -0.2) is 9.18 Å². The van der Waals surface area contributed by atoms with Crippen LogP contribution in [0.5, 0.6) is 5.75 Å². The van der Waals surface area contributed by atoms with E-state index in [9.17, 15) is 14.0 Å². The first kappa shape index (κ1) is 21.5. The molecule has 0 spiro atoms. The maximum atomic E-state index is 14.0. The van der Waals surface area contributed by atoms with Gasteiger partial charge in [0, 0.05) is 12.6 Å². The van der Waals surface area contributed by atoms with E-state index >= 15 is 0 Å². The Morgan fingerprint density at radius 1 is 1.34 bits per heavy atom. The van der Waals surface area contributed by atoms with Crippen LogP contribution in [-0.4, -0.2) is 49.9 Å². The van der Waals surface area contributed by atoms with Crippen LogP contribution in [0.1, 0.15) is 44.2 Å². The minimum absolute atomic E-state index is 0.0269. The fourth-order valence-electron chi connectivity index (χ4n) is 2.98. The smallest absolute Gasteiger partial charge is 0.326 e. The number of hydrazine groups is 1. The first-order valence-electron chi connectivity index (χ1n) is 10.1. The Kier molecular flexibility index (Phi) is 7.79. The molecular weight excluding hydrogens is 379 g/mol. The summed E-state index contributed by atoms with van der Waals surface area (Å²) >= 11 is 0. The molecule has 9 heteroatoms. The average Bonchev–Trinajstić information content (AvgIpc) is 3.47. The Hall–Kier alpha value is -2.23. The van der Waals surface area contributed by atoms with E-state index in [4.69, 9.17) is 9.47 Å². The SMILES string of the molecule is CCC(NNCCCOCN1CC(=O)NC1=O)c1ccc(F)c(OCC2CC2)c1. The Bertz CT molecular complexity index is 714. The van der Waals surface area contributed by atoms with Crippen LogP contribution < -0.4 is 20.9 Å². The van der Waals surface area contributed by atoms with Crippen LogP contribution in [-0.2, 0) is 9.53 Å². The van der Waals surface area contributed by atoms with E-state index in [0.29, 0.717) is 31.4 Å². The third-order valence-corrected chi connectivity index (χ3v) is 4.92. The van der Waals surface area contributed by atoms with E-state index in [0.717, 1.165) is 31.2 Å². The molecule has 1 aliphatic heterocycles. The summed E-state index contributed by atoms with van der Waals surface area (Å²) in [7, 11) is 0. The van der Waals surface area contributed by atoms with Gasteiger partial charge in [0.1, 0.15) is 13.3 Å². The lowest BCUT2D eigenvalue weighted by atomic mass is 10.0. The second-order valence-electron chi connectivity index (χ2n) is 7.42. The summed E-state index contributed by atoms with van der Waals surface area (Å²) in [6.07, 6.45) is 3.89. The summed E-state index contributed by atoms with van der Waals surface area (Å²) in [6.45, 7) is 3.89. The molecule has 1 heterocycles. The van der Waals surface area contributed by atoms with Gasteiger partial charge in [-0.2, -0.15) is 0 Å². The van der Waals surface area contributed by atoms with Gasteiger partial charge in [0.05, 0.1) is 13.2 Å². The van der Waals surface area contributed by atoms with Crippen LogP contribution in [0.4, 0.5) is 9.18 Å². The van der Waals surface area contributed by atoms with Crippen molar-refractivity contribution < 1.29 is 23.5 Å². The molecule has 3 N–H and O–H groups in total. The molecule has 1 atom stereocenters. The lowest BCUT2D eigenvalue weighted by Gasteiger charge is -2.19. The van der Waals surface area contributed by atoms with E-state index in [2.05, 4.69) is 23.1 Å². The predicted molar refractivity (Wildman–Crippen MR) is 104 cm³/mol. The second-order valence-corrected chi connectivity index (χ2v) is 7.42. The zero-order valence-electron chi connectivity index (χ0n) is 16.7. The fraction of sp³-hybridized carbons (Fsp3) is 0.600. The molecule has 160 valence electrons. The molecule has 1 aliphatic carbocycles. The number of carbonyl (C=O) groups excluding carboxylic acids is 2. The molecule has 1 saturated heterocycles. The third-order valence-electron chi connectivity index (χ3n) is 4.92. The third kappa shape index (κ3) is 6.66. The Labute approximate surface area is 170 Å². The number of nitrogens with one attached hydrogen (secondary N) is 3. The van der Waals surface area contributed by atoms with Crippen molar-refractivity contribution in [1.29, 1.82) is 0 Å². The summed E-state index contributed by atoms with van der Waals surface area (Å²) in [5.41, 5.74) is 7.38. The van der Waals surface area contributed by atoms with Gasteiger partial charge in [-0.3, -0.25) is 25.9 Å². The van der Waals surface area contributed by atoms with E-state index in [1.54, 1.807) is 12.1 Å². The largest absolute Gasteiger partial charge is 0.490 e. The first-order chi connectivity index (χ1) is 14.1. The molecule has 1 aromatic carbocycles. The Morgan fingerprint density at radius 2 is 2.17 bits per heavy atom. The standard InChI is InChI=1S/C20H29FN4O4/c1-2-17(15-6-7-16(21)18(10-15)29-12-14-4-5-14)24-22-8-3-9-28-13-25-11-19(26)23-20(25)27/h6-7,10,14,17,22,24H,2-5,8-9,11-13H2,1H3,(H,23,26,27). The minimum atomic E-state index is -0.416. The number of hydrogen-bond donors (Lipinski definition) is 3. The minimum Gasteiger partial charge on any atom is -0.490 e. The van der Waals surface area contributed by atoms with Crippen molar-refractivity contribution >= 4 is 11.9 Å². The van der Waals surface area contributed by atoms with Gasteiger partial charge in [0.25, 0.3) is 0 Å².